The van der Waals surface area contributed by atoms with Gasteiger partial charge in [-0.15, -0.1) is 0 Å². The minimum atomic E-state index is -0.906. The standard InChI is InChI=1S/C14H14N2O4/c17-13(18)4-3-9-7-15-11-5-10(8-1-2-8)6-12(14(9)11)16(19)20/h5-8,15H,1-4H2,(H,17,18). The van der Waals surface area contributed by atoms with Crippen LogP contribution in [-0.4, -0.2) is 21.0 Å². The molecular weight excluding hydrogens is 260 g/mol. The van der Waals surface area contributed by atoms with Crippen molar-refractivity contribution in [2.75, 3.05) is 0 Å². The van der Waals surface area contributed by atoms with Gasteiger partial charge in [-0.25, -0.2) is 0 Å². The fraction of sp³-hybridized carbons (Fsp3) is 0.357. The number of fused-ring (bicyclic) bond motifs is 1. The number of aryl methyl sites for hydroxylation is 1. The molecule has 1 heterocycles. The third-order valence-corrected chi connectivity index (χ3v) is 3.72. The highest BCUT2D eigenvalue weighted by Crippen LogP contribution is 2.43. The zero-order valence-electron chi connectivity index (χ0n) is 10.8. The molecule has 1 aromatic carbocycles. The normalized spacial score (nSPS) is 14.6. The Bertz CT molecular complexity index is 701. The molecule has 0 spiro atoms. The van der Waals surface area contributed by atoms with E-state index in [1.54, 1.807) is 12.3 Å². The Kier molecular flexibility index (Phi) is 2.93. The number of nitro benzene ring substituents is 1. The van der Waals surface area contributed by atoms with Crippen LogP contribution in [0.3, 0.4) is 0 Å². The third-order valence-electron chi connectivity index (χ3n) is 3.72. The summed E-state index contributed by atoms with van der Waals surface area (Å²) in [5.41, 5.74) is 2.49. The van der Waals surface area contributed by atoms with Crippen LogP contribution >= 0.6 is 0 Å². The summed E-state index contributed by atoms with van der Waals surface area (Å²) in [5, 5.41) is 20.6. The van der Waals surface area contributed by atoms with Crippen molar-refractivity contribution in [3.63, 3.8) is 0 Å². The van der Waals surface area contributed by atoms with Gasteiger partial charge in [0, 0.05) is 18.7 Å². The Morgan fingerprint density at radius 2 is 2.20 bits per heavy atom. The van der Waals surface area contributed by atoms with Gasteiger partial charge >= 0.3 is 5.97 Å². The third kappa shape index (κ3) is 2.24. The lowest BCUT2D eigenvalue weighted by molar-refractivity contribution is -0.383. The Morgan fingerprint density at radius 1 is 1.45 bits per heavy atom. The number of carboxylic acids is 1. The minimum absolute atomic E-state index is 0.0332. The zero-order chi connectivity index (χ0) is 14.3. The van der Waals surface area contributed by atoms with E-state index < -0.39 is 5.97 Å². The van der Waals surface area contributed by atoms with Gasteiger partial charge in [0.15, 0.2) is 0 Å². The number of hydrogen-bond donors (Lipinski definition) is 2. The van der Waals surface area contributed by atoms with E-state index in [1.807, 2.05) is 6.07 Å². The lowest BCUT2D eigenvalue weighted by Gasteiger charge is -2.02. The van der Waals surface area contributed by atoms with Crippen molar-refractivity contribution in [1.82, 2.24) is 4.98 Å². The summed E-state index contributed by atoms with van der Waals surface area (Å²) < 4.78 is 0. The lowest BCUT2D eigenvalue weighted by Crippen LogP contribution is -1.98. The van der Waals surface area contributed by atoms with E-state index in [4.69, 9.17) is 5.11 Å². The monoisotopic (exact) mass is 274 g/mol. The molecule has 0 bridgehead atoms. The number of nitro groups is 1. The molecule has 104 valence electrons. The zero-order valence-corrected chi connectivity index (χ0v) is 10.8. The second-order valence-electron chi connectivity index (χ2n) is 5.20. The van der Waals surface area contributed by atoms with E-state index in [2.05, 4.69) is 4.98 Å². The average Bonchev–Trinajstić information content (AvgIpc) is 3.16. The molecule has 2 aromatic rings. The quantitative estimate of drug-likeness (QED) is 0.647. The van der Waals surface area contributed by atoms with E-state index >= 15 is 0 Å². The molecule has 6 heteroatoms. The second-order valence-corrected chi connectivity index (χ2v) is 5.20. The summed E-state index contributed by atoms with van der Waals surface area (Å²) >= 11 is 0. The highest BCUT2D eigenvalue weighted by atomic mass is 16.6. The van der Waals surface area contributed by atoms with E-state index in [-0.39, 0.29) is 17.0 Å². The van der Waals surface area contributed by atoms with Crippen LogP contribution in [0.1, 0.15) is 36.3 Å². The molecule has 6 nitrogen and oxygen atoms in total. The van der Waals surface area contributed by atoms with Crippen molar-refractivity contribution >= 4 is 22.6 Å². The smallest absolute Gasteiger partial charge is 0.303 e. The predicted molar refractivity (Wildman–Crippen MR) is 72.9 cm³/mol. The molecule has 0 unspecified atom stereocenters. The number of rotatable bonds is 5. The number of nitrogens with zero attached hydrogens (tertiary/aromatic N) is 1. The molecule has 1 aliphatic rings. The molecule has 0 atom stereocenters. The predicted octanol–water partition coefficient (Wildman–Crippen LogP) is 2.97. The number of H-pyrrole nitrogens is 1. The van der Waals surface area contributed by atoms with Crippen LogP contribution < -0.4 is 0 Å². The van der Waals surface area contributed by atoms with Crippen molar-refractivity contribution < 1.29 is 14.8 Å². The number of benzene rings is 1. The Morgan fingerprint density at radius 3 is 2.80 bits per heavy atom. The minimum Gasteiger partial charge on any atom is -0.481 e. The topological polar surface area (TPSA) is 96.2 Å². The first-order valence-corrected chi connectivity index (χ1v) is 6.56. The summed E-state index contributed by atoms with van der Waals surface area (Å²) in [6.45, 7) is 0. The van der Waals surface area contributed by atoms with Gasteiger partial charge in [-0.1, -0.05) is 0 Å². The van der Waals surface area contributed by atoms with Crippen LogP contribution in [0.25, 0.3) is 10.9 Å². The molecule has 3 rings (SSSR count). The van der Waals surface area contributed by atoms with Gasteiger partial charge in [0.25, 0.3) is 5.69 Å². The Labute approximate surface area is 114 Å². The van der Waals surface area contributed by atoms with E-state index in [1.165, 1.54) is 0 Å². The number of non-ortho nitro benzene ring substituents is 1. The van der Waals surface area contributed by atoms with Gasteiger partial charge < -0.3 is 10.1 Å². The van der Waals surface area contributed by atoms with Gasteiger partial charge in [0.05, 0.1) is 15.8 Å². The van der Waals surface area contributed by atoms with Crippen molar-refractivity contribution in [2.45, 2.75) is 31.6 Å². The van der Waals surface area contributed by atoms with E-state index in [9.17, 15) is 14.9 Å². The van der Waals surface area contributed by atoms with Crippen molar-refractivity contribution in [3.05, 3.63) is 39.6 Å². The van der Waals surface area contributed by atoms with Gasteiger partial charge in [0.2, 0.25) is 0 Å². The average molecular weight is 274 g/mol. The molecule has 1 saturated carbocycles. The Balaban J connectivity index is 2.09. The van der Waals surface area contributed by atoms with Gasteiger partial charge in [-0.2, -0.15) is 0 Å². The molecular formula is C14H14N2O4. The van der Waals surface area contributed by atoms with Crippen LogP contribution in [0.2, 0.25) is 0 Å². The van der Waals surface area contributed by atoms with Gasteiger partial charge in [-0.3, -0.25) is 14.9 Å². The highest BCUT2D eigenvalue weighted by Gasteiger charge is 2.27. The number of aliphatic carboxylic acids is 1. The van der Waals surface area contributed by atoms with Crippen LogP contribution in [0.5, 0.6) is 0 Å². The summed E-state index contributed by atoms with van der Waals surface area (Å²) in [6, 6.07) is 3.59. The molecule has 0 amide bonds. The first-order valence-electron chi connectivity index (χ1n) is 6.56. The Hall–Kier alpha value is -2.37. The van der Waals surface area contributed by atoms with Crippen molar-refractivity contribution in [1.29, 1.82) is 0 Å². The maximum atomic E-state index is 11.3. The van der Waals surface area contributed by atoms with Crippen LogP contribution in [0, 0.1) is 10.1 Å². The van der Waals surface area contributed by atoms with Crippen LogP contribution in [0.15, 0.2) is 18.3 Å². The number of carboxylic acid groups (broad SMARTS) is 1. The fourth-order valence-corrected chi connectivity index (χ4v) is 2.57. The SMILES string of the molecule is O=C(O)CCc1c[nH]c2cc(C3CC3)cc([N+](=O)[O-])c12. The first kappa shape index (κ1) is 12.7. The van der Waals surface area contributed by atoms with E-state index in [0.29, 0.717) is 23.3 Å². The molecule has 2 N–H and O–H groups in total. The maximum Gasteiger partial charge on any atom is 0.303 e. The molecule has 1 fully saturated rings. The number of carbonyl (C=O) groups is 1. The molecule has 20 heavy (non-hydrogen) atoms. The van der Waals surface area contributed by atoms with Crippen LogP contribution in [-0.2, 0) is 11.2 Å². The number of aromatic nitrogens is 1. The van der Waals surface area contributed by atoms with Gasteiger partial charge in [0.1, 0.15) is 0 Å². The number of nitrogens with one attached hydrogen (secondary N) is 1. The molecule has 0 radical (unpaired) electrons. The van der Waals surface area contributed by atoms with E-state index in [0.717, 1.165) is 23.9 Å². The maximum absolute atomic E-state index is 11.3. The number of aromatic amines is 1. The molecule has 0 saturated heterocycles. The van der Waals surface area contributed by atoms with Crippen molar-refractivity contribution in [3.8, 4) is 0 Å². The molecule has 0 aliphatic heterocycles. The molecule has 1 aromatic heterocycles. The summed E-state index contributed by atoms with van der Waals surface area (Å²) in [4.78, 5) is 24.6. The van der Waals surface area contributed by atoms with Crippen molar-refractivity contribution in [2.24, 2.45) is 0 Å². The first-order chi connectivity index (χ1) is 9.56. The highest BCUT2D eigenvalue weighted by molar-refractivity contribution is 5.93. The summed E-state index contributed by atoms with van der Waals surface area (Å²) in [6.07, 6.45) is 4.09. The van der Waals surface area contributed by atoms with Crippen LogP contribution in [0.4, 0.5) is 5.69 Å². The lowest BCUT2D eigenvalue weighted by atomic mass is 10.0. The largest absolute Gasteiger partial charge is 0.481 e. The summed E-state index contributed by atoms with van der Waals surface area (Å²) in [7, 11) is 0. The number of hydrogen-bond acceptors (Lipinski definition) is 3. The fourth-order valence-electron chi connectivity index (χ4n) is 2.57. The second kappa shape index (κ2) is 4.63. The molecule has 1 aliphatic carbocycles. The van der Waals surface area contributed by atoms with Gasteiger partial charge in [-0.05, 0) is 42.4 Å². The summed E-state index contributed by atoms with van der Waals surface area (Å²) in [5.74, 6) is -0.472.